The fraction of sp³-hybridized carbons (Fsp3) is 0.462. The van der Waals surface area contributed by atoms with E-state index in [1.165, 1.54) is 10.9 Å². The van der Waals surface area contributed by atoms with E-state index in [1.54, 1.807) is 0 Å². The van der Waals surface area contributed by atoms with Crippen molar-refractivity contribution in [2.75, 3.05) is 6.54 Å². The lowest BCUT2D eigenvalue weighted by atomic mass is 9.75. The molecule has 4 heterocycles. The maximum absolute atomic E-state index is 13.3. The average Bonchev–Trinajstić information content (AvgIpc) is 3.35. The van der Waals surface area contributed by atoms with Gasteiger partial charge >= 0.3 is 0 Å². The van der Waals surface area contributed by atoms with Crippen molar-refractivity contribution in [3.63, 3.8) is 0 Å². The molecule has 5 heteroatoms. The van der Waals surface area contributed by atoms with Crippen LogP contribution in [-0.4, -0.2) is 34.5 Å². The Labute approximate surface area is 184 Å². The average molecular weight is 417 g/mol. The first kappa shape index (κ1) is 20.3. The number of H-pyrrole nitrogens is 1. The van der Waals surface area contributed by atoms with Crippen molar-refractivity contribution in [2.45, 2.75) is 70.4 Å². The standard InChI is InChI=1S/C26H32N4O/c1-15(2)23-21-12-18(26(4)9-7-19-13-20(14-28-19)29-25(26)31)5-6-22(21)30-24(23)17-8-10-27-16(3)11-17/h5-6,8,10-12,15,19-20,28,30H,7,9,13-14H2,1-4H3,(H,29,31). The Balaban J connectivity index is 1.62. The molecule has 5 nitrogen and oxygen atoms in total. The van der Waals surface area contributed by atoms with Crippen molar-refractivity contribution in [1.82, 2.24) is 20.6 Å². The van der Waals surface area contributed by atoms with Gasteiger partial charge in [0.1, 0.15) is 0 Å². The number of rotatable bonds is 3. The van der Waals surface area contributed by atoms with Gasteiger partial charge < -0.3 is 15.6 Å². The van der Waals surface area contributed by atoms with E-state index in [0.717, 1.165) is 53.8 Å². The molecular weight excluding hydrogens is 384 g/mol. The van der Waals surface area contributed by atoms with E-state index in [2.05, 4.69) is 71.7 Å². The van der Waals surface area contributed by atoms with Crippen LogP contribution in [-0.2, 0) is 10.2 Å². The minimum absolute atomic E-state index is 0.158. The molecule has 5 rings (SSSR count). The van der Waals surface area contributed by atoms with E-state index in [-0.39, 0.29) is 11.9 Å². The third-order valence-electron chi connectivity index (χ3n) is 7.29. The number of amides is 1. The zero-order chi connectivity index (χ0) is 21.8. The maximum atomic E-state index is 13.3. The lowest BCUT2D eigenvalue weighted by Crippen LogP contribution is -2.48. The zero-order valence-electron chi connectivity index (χ0n) is 18.9. The number of nitrogens with zero attached hydrogens (tertiary/aromatic N) is 1. The predicted octanol–water partition coefficient (Wildman–Crippen LogP) is 4.56. The summed E-state index contributed by atoms with van der Waals surface area (Å²) in [6.07, 6.45) is 4.80. The Morgan fingerprint density at radius 1 is 1.16 bits per heavy atom. The number of aromatic nitrogens is 2. The van der Waals surface area contributed by atoms with Gasteiger partial charge in [0.25, 0.3) is 0 Å². The van der Waals surface area contributed by atoms with E-state index in [1.807, 2.05) is 13.1 Å². The van der Waals surface area contributed by atoms with Crippen molar-refractivity contribution < 1.29 is 4.79 Å². The molecule has 0 radical (unpaired) electrons. The molecule has 3 unspecified atom stereocenters. The van der Waals surface area contributed by atoms with E-state index < -0.39 is 5.41 Å². The number of carbonyl (C=O) groups is 1. The number of benzene rings is 1. The number of hydrogen-bond acceptors (Lipinski definition) is 3. The van der Waals surface area contributed by atoms with Gasteiger partial charge in [-0.3, -0.25) is 9.78 Å². The molecule has 1 amide bonds. The molecule has 0 spiro atoms. The summed E-state index contributed by atoms with van der Waals surface area (Å²) in [7, 11) is 0. The fourth-order valence-corrected chi connectivity index (χ4v) is 5.43. The molecule has 162 valence electrons. The molecule has 3 aromatic rings. The number of pyridine rings is 1. The second kappa shape index (κ2) is 7.49. The SMILES string of the molecule is Cc1cc(-c2[nH]c3ccc(C4(C)CCC5CC(CN5)NC4=O)cc3c2C(C)C)ccn1. The van der Waals surface area contributed by atoms with Gasteiger partial charge in [-0.2, -0.15) is 0 Å². The van der Waals surface area contributed by atoms with Gasteiger partial charge in [0.15, 0.2) is 0 Å². The third kappa shape index (κ3) is 3.45. The Hall–Kier alpha value is -2.66. The van der Waals surface area contributed by atoms with Crippen LogP contribution in [0, 0.1) is 6.92 Å². The van der Waals surface area contributed by atoms with Gasteiger partial charge in [0.2, 0.25) is 5.91 Å². The van der Waals surface area contributed by atoms with Crippen molar-refractivity contribution in [2.24, 2.45) is 0 Å². The molecule has 2 saturated heterocycles. The zero-order valence-corrected chi connectivity index (χ0v) is 18.9. The number of fused-ring (bicyclic) bond motifs is 3. The Morgan fingerprint density at radius 3 is 2.77 bits per heavy atom. The Bertz CT molecular complexity index is 1150. The van der Waals surface area contributed by atoms with E-state index in [0.29, 0.717) is 12.0 Å². The number of hydrogen-bond donors (Lipinski definition) is 3. The number of aryl methyl sites for hydroxylation is 1. The molecule has 0 aliphatic carbocycles. The van der Waals surface area contributed by atoms with Gasteiger partial charge in [-0.05, 0) is 74.4 Å². The summed E-state index contributed by atoms with van der Waals surface area (Å²) in [5.74, 6) is 0.511. The van der Waals surface area contributed by atoms with Gasteiger partial charge in [0, 0.05) is 47.0 Å². The minimum atomic E-state index is -0.518. The van der Waals surface area contributed by atoms with Crippen molar-refractivity contribution in [3.05, 3.63) is 53.3 Å². The highest BCUT2D eigenvalue weighted by Crippen LogP contribution is 2.40. The van der Waals surface area contributed by atoms with E-state index in [9.17, 15) is 4.79 Å². The van der Waals surface area contributed by atoms with Crippen molar-refractivity contribution in [1.29, 1.82) is 0 Å². The van der Waals surface area contributed by atoms with E-state index in [4.69, 9.17) is 0 Å². The molecule has 31 heavy (non-hydrogen) atoms. The van der Waals surface area contributed by atoms with Gasteiger partial charge in [-0.1, -0.05) is 19.9 Å². The molecular formula is C26H32N4O. The summed E-state index contributed by atoms with van der Waals surface area (Å²) in [5.41, 5.74) is 6.34. The monoisotopic (exact) mass is 416 g/mol. The first-order chi connectivity index (χ1) is 14.8. The number of nitrogens with one attached hydrogen (secondary N) is 3. The van der Waals surface area contributed by atoms with Gasteiger partial charge in [-0.15, -0.1) is 0 Å². The molecule has 2 aliphatic heterocycles. The van der Waals surface area contributed by atoms with Crippen LogP contribution in [0.2, 0.25) is 0 Å². The lowest BCUT2D eigenvalue weighted by Gasteiger charge is -2.33. The quantitative estimate of drug-likeness (QED) is 0.586. The summed E-state index contributed by atoms with van der Waals surface area (Å²) >= 11 is 0. The van der Waals surface area contributed by atoms with Crippen LogP contribution in [0.25, 0.3) is 22.2 Å². The topological polar surface area (TPSA) is 69.8 Å². The molecule has 2 fully saturated rings. The van der Waals surface area contributed by atoms with E-state index >= 15 is 0 Å². The summed E-state index contributed by atoms with van der Waals surface area (Å²) in [5, 5.41) is 8.09. The predicted molar refractivity (Wildman–Crippen MR) is 125 cm³/mol. The lowest BCUT2D eigenvalue weighted by molar-refractivity contribution is -0.127. The first-order valence-electron chi connectivity index (χ1n) is 11.5. The molecule has 3 atom stereocenters. The Kier molecular flexibility index (Phi) is 4.89. The highest BCUT2D eigenvalue weighted by atomic mass is 16.2. The number of aromatic amines is 1. The second-order valence-corrected chi connectivity index (χ2v) is 9.90. The molecule has 3 N–H and O–H groups in total. The minimum Gasteiger partial charge on any atom is -0.354 e. The molecule has 2 aromatic heterocycles. The van der Waals surface area contributed by atoms with Crippen LogP contribution in [0.4, 0.5) is 0 Å². The Morgan fingerprint density at radius 2 is 2.00 bits per heavy atom. The summed E-state index contributed by atoms with van der Waals surface area (Å²) < 4.78 is 0. The summed E-state index contributed by atoms with van der Waals surface area (Å²) in [6, 6.07) is 11.5. The highest BCUT2D eigenvalue weighted by Gasteiger charge is 2.41. The maximum Gasteiger partial charge on any atom is 0.230 e. The van der Waals surface area contributed by atoms with Crippen LogP contribution in [0.3, 0.4) is 0 Å². The van der Waals surface area contributed by atoms with Crippen LogP contribution in [0.5, 0.6) is 0 Å². The third-order valence-corrected chi connectivity index (χ3v) is 7.29. The van der Waals surface area contributed by atoms with Crippen LogP contribution in [0.15, 0.2) is 36.5 Å². The smallest absolute Gasteiger partial charge is 0.230 e. The second-order valence-electron chi connectivity index (χ2n) is 9.90. The highest BCUT2D eigenvalue weighted by molar-refractivity contribution is 5.94. The molecule has 0 saturated carbocycles. The number of carbonyl (C=O) groups excluding carboxylic acids is 1. The van der Waals surface area contributed by atoms with Crippen molar-refractivity contribution in [3.8, 4) is 11.3 Å². The summed E-state index contributed by atoms with van der Waals surface area (Å²) in [4.78, 5) is 21.4. The first-order valence-corrected chi connectivity index (χ1v) is 11.5. The normalized spacial score (nSPS) is 26.2. The van der Waals surface area contributed by atoms with Gasteiger partial charge in [-0.25, -0.2) is 0 Å². The fourth-order valence-electron chi connectivity index (χ4n) is 5.43. The molecule has 2 bridgehead atoms. The van der Waals surface area contributed by atoms with Crippen LogP contribution >= 0.6 is 0 Å². The van der Waals surface area contributed by atoms with Crippen LogP contribution < -0.4 is 10.6 Å². The van der Waals surface area contributed by atoms with Crippen LogP contribution in [0.1, 0.15) is 62.8 Å². The van der Waals surface area contributed by atoms with Gasteiger partial charge in [0.05, 0.1) is 11.1 Å². The van der Waals surface area contributed by atoms with Crippen molar-refractivity contribution >= 4 is 16.8 Å². The summed E-state index contributed by atoms with van der Waals surface area (Å²) in [6.45, 7) is 9.49. The molecule has 1 aromatic carbocycles. The molecule has 2 aliphatic rings. The largest absolute Gasteiger partial charge is 0.354 e.